The molecular weight excluding hydrogens is 509 g/mol. The molecule has 4 rings (SSSR count). The van der Waals surface area contributed by atoms with Crippen molar-refractivity contribution >= 4 is 50.5 Å². The number of ether oxygens (including phenoxy) is 1. The monoisotopic (exact) mass is 525 g/mol. The molecular formula is C19H17ClIN5OS. The molecule has 0 saturated carbocycles. The molecule has 3 heterocycles. The SMILES string of the molecule is CC[C@@H]1CN(c2sc(-c3nnc[nH]3)c(-c3ccc(Cl)cc3I)c2C#N)CCO1. The quantitative estimate of drug-likeness (QED) is 0.488. The molecule has 1 aliphatic heterocycles. The lowest BCUT2D eigenvalue weighted by atomic mass is 10.0. The predicted octanol–water partition coefficient (Wildman–Crippen LogP) is 4.95. The number of rotatable bonds is 4. The first-order valence-electron chi connectivity index (χ1n) is 8.87. The zero-order valence-corrected chi connectivity index (χ0v) is 18.8. The van der Waals surface area contributed by atoms with Crippen LogP contribution in [0.1, 0.15) is 18.9 Å². The molecule has 144 valence electrons. The molecule has 28 heavy (non-hydrogen) atoms. The number of anilines is 1. The number of aromatic amines is 1. The second-order valence-corrected chi connectivity index (χ2v) is 9.00. The third-order valence-corrected chi connectivity index (χ3v) is 7.10. The van der Waals surface area contributed by atoms with E-state index in [0.717, 1.165) is 44.1 Å². The maximum absolute atomic E-state index is 10.1. The molecule has 1 fully saturated rings. The van der Waals surface area contributed by atoms with Gasteiger partial charge >= 0.3 is 0 Å². The van der Waals surface area contributed by atoms with E-state index in [1.165, 1.54) is 0 Å². The third-order valence-electron chi connectivity index (χ3n) is 4.72. The van der Waals surface area contributed by atoms with Gasteiger partial charge in [0.2, 0.25) is 0 Å². The van der Waals surface area contributed by atoms with Crippen LogP contribution in [-0.2, 0) is 4.74 Å². The molecule has 1 N–H and O–H groups in total. The van der Waals surface area contributed by atoms with Crippen molar-refractivity contribution in [1.82, 2.24) is 15.2 Å². The highest BCUT2D eigenvalue weighted by atomic mass is 127. The van der Waals surface area contributed by atoms with Crippen molar-refractivity contribution in [3.63, 3.8) is 0 Å². The van der Waals surface area contributed by atoms with Gasteiger partial charge in [-0.2, -0.15) is 5.26 Å². The Kier molecular flexibility index (Phi) is 5.87. The number of halogens is 2. The van der Waals surface area contributed by atoms with Crippen LogP contribution in [0.15, 0.2) is 24.5 Å². The van der Waals surface area contributed by atoms with Gasteiger partial charge in [-0.3, -0.25) is 0 Å². The van der Waals surface area contributed by atoms with E-state index in [9.17, 15) is 5.26 Å². The number of H-pyrrole nitrogens is 1. The van der Waals surface area contributed by atoms with E-state index >= 15 is 0 Å². The molecule has 2 aromatic heterocycles. The lowest BCUT2D eigenvalue weighted by Crippen LogP contribution is -2.42. The lowest BCUT2D eigenvalue weighted by molar-refractivity contribution is 0.0386. The maximum Gasteiger partial charge on any atom is 0.171 e. The summed E-state index contributed by atoms with van der Waals surface area (Å²) in [6.07, 6.45) is 2.68. The predicted molar refractivity (Wildman–Crippen MR) is 120 cm³/mol. The summed E-state index contributed by atoms with van der Waals surface area (Å²) >= 11 is 9.99. The fourth-order valence-corrected chi connectivity index (χ4v) is 5.72. The van der Waals surface area contributed by atoms with Crippen LogP contribution in [-0.4, -0.2) is 41.0 Å². The molecule has 1 saturated heterocycles. The van der Waals surface area contributed by atoms with Crippen LogP contribution in [0, 0.1) is 14.9 Å². The van der Waals surface area contributed by atoms with Crippen molar-refractivity contribution in [3.05, 3.63) is 38.7 Å². The Bertz CT molecular complexity index is 1030. The number of hydrogen-bond acceptors (Lipinski definition) is 6. The minimum atomic E-state index is 0.176. The fraction of sp³-hybridized carbons (Fsp3) is 0.316. The molecule has 0 amide bonds. The van der Waals surface area contributed by atoms with Gasteiger partial charge in [0.05, 0.1) is 23.2 Å². The van der Waals surface area contributed by atoms with E-state index < -0.39 is 0 Å². The van der Waals surface area contributed by atoms with Crippen LogP contribution in [0.5, 0.6) is 0 Å². The van der Waals surface area contributed by atoms with Crippen LogP contribution in [0.2, 0.25) is 5.02 Å². The molecule has 1 aromatic carbocycles. The van der Waals surface area contributed by atoms with E-state index in [2.05, 4.69) is 55.7 Å². The first-order chi connectivity index (χ1) is 13.6. The smallest absolute Gasteiger partial charge is 0.171 e. The van der Waals surface area contributed by atoms with Gasteiger partial charge in [-0.05, 0) is 46.7 Å². The molecule has 0 unspecified atom stereocenters. The molecule has 0 bridgehead atoms. The number of benzene rings is 1. The zero-order valence-electron chi connectivity index (χ0n) is 15.1. The van der Waals surface area contributed by atoms with Crippen LogP contribution >= 0.6 is 45.5 Å². The first kappa shape index (κ1) is 19.6. The third kappa shape index (κ3) is 3.64. The number of nitrogens with one attached hydrogen (secondary N) is 1. The summed E-state index contributed by atoms with van der Waals surface area (Å²) in [6, 6.07) is 8.17. The highest BCUT2D eigenvalue weighted by Crippen LogP contribution is 2.47. The summed E-state index contributed by atoms with van der Waals surface area (Å²) < 4.78 is 6.80. The average Bonchev–Trinajstić information content (AvgIpc) is 3.35. The largest absolute Gasteiger partial charge is 0.375 e. The van der Waals surface area contributed by atoms with E-state index in [4.69, 9.17) is 16.3 Å². The normalized spacial score (nSPS) is 16.9. The van der Waals surface area contributed by atoms with Crippen molar-refractivity contribution in [2.45, 2.75) is 19.4 Å². The fourth-order valence-electron chi connectivity index (χ4n) is 3.33. The van der Waals surface area contributed by atoms with Crippen LogP contribution in [0.4, 0.5) is 5.00 Å². The molecule has 6 nitrogen and oxygen atoms in total. The summed E-state index contributed by atoms with van der Waals surface area (Å²) in [4.78, 5) is 6.25. The van der Waals surface area contributed by atoms with Crippen molar-refractivity contribution in [3.8, 4) is 27.9 Å². The van der Waals surface area contributed by atoms with Gasteiger partial charge in [0.1, 0.15) is 17.4 Å². The molecule has 1 atom stereocenters. The zero-order chi connectivity index (χ0) is 19.7. The van der Waals surface area contributed by atoms with Crippen LogP contribution in [0.3, 0.4) is 0 Å². The van der Waals surface area contributed by atoms with Gasteiger partial charge in [-0.15, -0.1) is 21.5 Å². The number of thiophene rings is 1. The lowest BCUT2D eigenvalue weighted by Gasteiger charge is -2.33. The number of hydrogen-bond donors (Lipinski definition) is 1. The number of morpholine rings is 1. The minimum absolute atomic E-state index is 0.176. The summed E-state index contributed by atoms with van der Waals surface area (Å²) in [6.45, 7) is 4.32. The van der Waals surface area contributed by atoms with Crippen LogP contribution < -0.4 is 4.90 Å². The van der Waals surface area contributed by atoms with Gasteiger partial charge < -0.3 is 14.6 Å². The highest BCUT2D eigenvalue weighted by molar-refractivity contribution is 14.1. The Balaban J connectivity index is 1.91. The molecule has 0 spiro atoms. The topological polar surface area (TPSA) is 77.8 Å². The second-order valence-electron chi connectivity index (χ2n) is 6.41. The first-order valence-corrected chi connectivity index (χ1v) is 11.1. The number of aromatic nitrogens is 3. The summed E-state index contributed by atoms with van der Waals surface area (Å²) in [5, 5.41) is 19.9. The van der Waals surface area contributed by atoms with Gasteiger partial charge in [0.15, 0.2) is 5.82 Å². The Morgan fingerprint density at radius 2 is 2.36 bits per heavy atom. The van der Waals surface area contributed by atoms with Gasteiger partial charge in [0.25, 0.3) is 0 Å². The Morgan fingerprint density at radius 1 is 1.50 bits per heavy atom. The van der Waals surface area contributed by atoms with Gasteiger partial charge in [0, 0.05) is 27.2 Å². The van der Waals surface area contributed by atoms with Crippen molar-refractivity contribution in [2.24, 2.45) is 0 Å². The molecule has 9 heteroatoms. The van der Waals surface area contributed by atoms with Gasteiger partial charge in [-0.1, -0.05) is 24.6 Å². The summed E-state index contributed by atoms with van der Waals surface area (Å²) in [7, 11) is 0. The van der Waals surface area contributed by atoms with E-state index in [0.29, 0.717) is 23.0 Å². The van der Waals surface area contributed by atoms with E-state index in [1.807, 2.05) is 18.2 Å². The van der Waals surface area contributed by atoms with Gasteiger partial charge in [-0.25, -0.2) is 0 Å². The summed E-state index contributed by atoms with van der Waals surface area (Å²) in [5.74, 6) is 0.661. The number of nitriles is 1. The molecule has 3 aromatic rings. The molecule has 1 aliphatic rings. The summed E-state index contributed by atoms with van der Waals surface area (Å²) in [5.41, 5.74) is 2.50. The van der Waals surface area contributed by atoms with E-state index in [1.54, 1.807) is 17.7 Å². The molecule has 0 radical (unpaired) electrons. The standard InChI is InChI=1S/C19H17ClIN5OS/c1-2-12-9-26(5-6-27-12)19-14(8-22)16(13-4-3-11(20)7-15(13)21)17(28-19)18-23-10-24-25-18/h3-4,7,10,12H,2,5-6,9H2,1H3,(H,23,24,25)/t12-/m1/s1. The second kappa shape index (κ2) is 8.37. The minimum Gasteiger partial charge on any atom is -0.375 e. The maximum atomic E-state index is 10.1. The highest BCUT2D eigenvalue weighted by Gasteiger charge is 2.29. The van der Waals surface area contributed by atoms with Crippen molar-refractivity contribution < 1.29 is 4.74 Å². The number of nitrogens with zero attached hydrogens (tertiary/aromatic N) is 4. The van der Waals surface area contributed by atoms with E-state index in [-0.39, 0.29) is 6.10 Å². The average molecular weight is 526 g/mol. The Morgan fingerprint density at radius 3 is 3.04 bits per heavy atom. The Hall–Kier alpha value is -1.67. The van der Waals surface area contributed by atoms with Crippen molar-refractivity contribution in [2.75, 3.05) is 24.6 Å². The van der Waals surface area contributed by atoms with Crippen LogP contribution in [0.25, 0.3) is 21.8 Å². The molecule has 0 aliphatic carbocycles. The Labute approximate surface area is 185 Å². The van der Waals surface area contributed by atoms with Crippen molar-refractivity contribution in [1.29, 1.82) is 5.26 Å².